The molecule has 0 radical (unpaired) electrons. The molecule has 0 unspecified atom stereocenters. The van der Waals surface area contributed by atoms with Crippen LogP contribution in [0.2, 0.25) is 5.02 Å². The third kappa shape index (κ3) is 4.87. The number of amides is 1. The van der Waals surface area contributed by atoms with E-state index in [9.17, 15) is 13.2 Å². The molecular formula is C13H20ClN3O3S. The molecule has 1 amide bonds. The third-order valence-corrected chi connectivity index (χ3v) is 4.85. The zero-order chi connectivity index (χ0) is 16.2. The van der Waals surface area contributed by atoms with Gasteiger partial charge in [0.05, 0.1) is 12.2 Å². The van der Waals surface area contributed by atoms with Gasteiger partial charge in [-0.1, -0.05) is 25.4 Å². The second-order valence-electron chi connectivity index (χ2n) is 5.14. The van der Waals surface area contributed by atoms with Gasteiger partial charge in [-0.2, -0.15) is 4.31 Å². The smallest absolute Gasteiger partial charge is 0.245 e. The molecule has 0 saturated heterocycles. The van der Waals surface area contributed by atoms with Crippen LogP contribution in [0.3, 0.4) is 0 Å². The van der Waals surface area contributed by atoms with Crippen LogP contribution in [0.15, 0.2) is 23.1 Å². The van der Waals surface area contributed by atoms with Gasteiger partial charge in [0.2, 0.25) is 15.9 Å². The van der Waals surface area contributed by atoms with E-state index in [1.54, 1.807) is 0 Å². The van der Waals surface area contributed by atoms with Gasteiger partial charge in [-0.15, -0.1) is 0 Å². The van der Waals surface area contributed by atoms with E-state index in [-0.39, 0.29) is 23.0 Å². The van der Waals surface area contributed by atoms with E-state index in [1.807, 2.05) is 13.8 Å². The summed E-state index contributed by atoms with van der Waals surface area (Å²) in [6.45, 7) is 4.14. The first-order chi connectivity index (χ1) is 9.64. The third-order valence-electron chi connectivity index (χ3n) is 2.73. The Morgan fingerprint density at radius 3 is 2.57 bits per heavy atom. The number of anilines is 1. The monoisotopic (exact) mass is 333 g/mol. The minimum Gasteiger partial charge on any atom is -0.398 e. The lowest BCUT2D eigenvalue weighted by Crippen LogP contribution is -2.39. The number of sulfonamides is 1. The topological polar surface area (TPSA) is 92.5 Å². The number of hydrogen-bond donors (Lipinski definition) is 2. The number of likely N-dealkylation sites (N-methyl/N-ethyl adjacent to an activating group) is 1. The van der Waals surface area contributed by atoms with Crippen molar-refractivity contribution < 1.29 is 13.2 Å². The Hall–Kier alpha value is -1.31. The number of rotatable bonds is 6. The Bertz CT molecular complexity index is 617. The van der Waals surface area contributed by atoms with Crippen LogP contribution in [-0.4, -0.2) is 38.8 Å². The van der Waals surface area contributed by atoms with Crippen molar-refractivity contribution in [1.82, 2.24) is 9.62 Å². The van der Waals surface area contributed by atoms with Crippen LogP contribution < -0.4 is 11.1 Å². The molecule has 0 aliphatic carbocycles. The summed E-state index contributed by atoms with van der Waals surface area (Å²) in [6, 6.07) is 4.13. The van der Waals surface area contributed by atoms with Crippen LogP contribution in [0, 0.1) is 5.92 Å². The molecule has 1 rings (SSSR count). The number of carbonyl (C=O) groups excluding carboxylic acids is 1. The van der Waals surface area contributed by atoms with E-state index in [0.717, 1.165) is 4.31 Å². The molecule has 0 aliphatic rings. The molecule has 0 aromatic heterocycles. The van der Waals surface area contributed by atoms with Gasteiger partial charge in [0.25, 0.3) is 0 Å². The van der Waals surface area contributed by atoms with Gasteiger partial charge in [-0.25, -0.2) is 8.42 Å². The largest absolute Gasteiger partial charge is 0.398 e. The molecule has 21 heavy (non-hydrogen) atoms. The van der Waals surface area contributed by atoms with Crippen molar-refractivity contribution in [2.24, 2.45) is 5.92 Å². The molecule has 0 bridgehead atoms. The number of benzene rings is 1. The summed E-state index contributed by atoms with van der Waals surface area (Å²) in [5.74, 6) is -0.0647. The molecule has 1 aromatic rings. The van der Waals surface area contributed by atoms with Crippen LogP contribution in [0.4, 0.5) is 5.69 Å². The van der Waals surface area contributed by atoms with Gasteiger partial charge in [-0.3, -0.25) is 4.79 Å². The van der Waals surface area contributed by atoms with Crippen LogP contribution in [0.25, 0.3) is 0 Å². The lowest BCUT2D eigenvalue weighted by Gasteiger charge is -2.18. The maximum Gasteiger partial charge on any atom is 0.245 e. The number of nitrogens with zero attached hydrogens (tertiary/aromatic N) is 1. The first kappa shape index (κ1) is 17.7. The molecular weight excluding hydrogens is 314 g/mol. The number of nitrogen functional groups attached to an aromatic ring is 1. The lowest BCUT2D eigenvalue weighted by molar-refractivity contribution is -0.121. The SMILES string of the molecule is CC(C)CNC(=O)CN(C)S(=O)(=O)c1ccc(Cl)cc1N. The van der Waals surface area contributed by atoms with E-state index >= 15 is 0 Å². The lowest BCUT2D eigenvalue weighted by atomic mass is 10.2. The number of hydrogen-bond acceptors (Lipinski definition) is 4. The summed E-state index contributed by atoms with van der Waals surface area (Å²) >= 11 is 5.75. The predicted octanol–water partition coefficient (Wildman–Crippen LogP) is 1.31. The fraction of sp³-hybridized carbons (Fsp3) is 0.462. The summed E-state index contributed by atoms with van der Waals surface area (Å²) in [5, 5.41) is 3.01. The number of carbonyl (C=O) groups is 1. The van der Waals surface area contributed by atoms with E-state index in [1.165, 1.54) is 25.2 Å². The number of nitrogens with two attached hydrogens (primary N) is 1. The van der Waals surface area contributed by atoms with E-state index in [2.05, 4.69) is 5.32 Å². The standard InChI is InChI=1S/C13H20ClN3O3S/c1-9(2)7-16-13(18)8-17(3)21(19,20)12-5-4-10(14)6-11(12)15/h4-6,9H,7-8,15H2,1-3H3,(H,16,18). The average Bonchev–Trinajstić information content (AvgIpc) is 2.35. The second kappa shape index (κ2) is 7.11. The molecule has 0 aliphatic heterocycles. The predicted molar refractivity (Wildman–Crippen MR) is 83.5 cm³/mol. The van der Waals surface area contributed by atoms with Crippen molar-refractivity contribution in [2.75, 3.05) is 25.9 Å². The van der Waals surface area contributed by atoms with Crippen molar-refractivity contribution in [1.29, 1.82) is 0 Å². The molecule has 1 aromatic carbocycles. The van der Waals surface area contributed by atoms with Gasteiger partial charge >= 0.3 is 0 Å². The Labute approximate surface area is 130 Å². The van der Waals surface area contributed by atoms with Crippen molar-refractivity contribution >= 4 is 33.2 Å². The highest BCUT2D eigenvalue weighted by atomic mass is 35.5. The molecule has 3 N–H and O–H groups in total. The molecule has 6 nitrogen and oxygen atoms in total. The highest BCUT2D eigenvalue weighted by Gasteiger charge is 2.25. The highest BCUT2D eigenvalue weighted by Crippen LogP contribution is 2.24. The van der Waals surface area contributed by atoms with Crippen LogP contribution in [-0.2, 0) is 14.8 Å². The zero-order valence-corrected chi connectivity index (χ0v) is 13.8. The quantitative estimate of drug-likeness (QED) is 0.768. The van der Waals surface area contributed by atoms with Gasteiger partial charge in [-0.05, 0) is 24.1 Å². The van der Waals surface area contributed by atoms with E-state index < -0.39 is 10.0 Å². The highest BCUT2D eigenvalue weighted by molar-refractivity contribution is 7.89. The van der Waals surface area contributed by atoms with Crippen LogP contribution in [0.5, 0.6) is 0 Å². The van der Waals surface area contributed by atoms with E-state index in [4.69, 9.17) is 17.3 Å². The van der Waals surface area contributed by atoms with Crippen molar-refractivity contribution in [3.63, 3.8) is 0 Å². The maximum absolute atomic E-state index is 12.4. The van der Waals surface area contributed by atoms with Crippen molar-refractivity contribution in [3.8, 4) is 0 Å². The summed E-state index contributed by atoms with van der Waals surface area (Å²) < 4.78 is 25.7. The maximum atomic E-state index is 12.4. The van der Waals surface area contributed by atoms with Crippen molar-refractivity contribution in [2.45, 2.75) is 18.7 Å². The van der Waals surface area contributed by atoms with Crippen LogP contribution >= 0.6 is 11.6 Å². The van der Waals surface area contributed by atoms with Crippen LogP contribution in [0.1, 0.15) is 13.8 Å². The molecule has 118 valence electrons. The normalized spacial score (nSPS) is 11.9. The molecule has 0 fully saturated rings. The summed E-state index contributed by atoms with van der Waals surface area (Å²) in [5.41, 5.74) is 5.74. The summed E-state index contributed by atoms with van der Waals surface area (Å²) in [7, 11) is -2.50. The first-order valence-electron chi connectivity index (χ1n) is 6.42. The molecule has 8 heteroatoms. The molecule has 0 saturated carbocycles. The number of nitrogens with one attached hydrogen (secondary N) is 1. The van der Waals surface area contributed by atoms with Gasteiger partial charge in [0, 0.05) is 18.6 Å². The molecule has 0 heterocycles. The minimum atomic E-state index is -3.83. The van der Waals surface area contributed by atoms with Gasteiger partial charge in [0.15, 0.2) is 0 Å². The molecule has 0 atom stereocenters. The van der Waals surface area contributed by atoms with Gasteiger partial charge < -0.3 is 11.1 Å². The Balaban J connectivity index is 2.85. The first-order valence-corrected chi connectivity index (χ1v) is 8.24. The van der Waals surface area contributed by atoms with E-state index in [0.29, 0.717) is 17.5 Å². The minimum absolute atomic E-state index is 0.0527. The average molecular weight is 334 g/mol. The summed E-state index contributed by atoms with van der Waals surface area (Å²) in [6.07, 6.45) is 0. The Kier molecular flexibility index (Phi) is 6.00. The second-order valence-corrected chi connectivity index (χ2v) is 7.59. The fourth-order valence-corrected chi connectivity index (χ4v) is 2.98. The Morgan fingerprint density at radius 2 is 2.05 bits per heavy atom. The van der Waals surface area contributed by atoms with Crippen molar-refractivity contribution in [3.05, 3.63) is 23.2 Å². The molecule has 0 spiro atoms. The zero-order valence-electron chi connectivity index (χ0n) is 12.3. The number of halogens is 1. The van der Waals surface area contributed by atoms with Gasteiger partial charge in [0.1, 0.15) is 4.90 Å². The Morgan fingerprint density at radius 1 is 1.43 bits per heavy atom. The fourth-order valence-electron chi connectivity index (χ4n) is 1.58. The summed E-state index contributed by atoms with van der Waals surface area (Å²) in [4.78, 5) is 11.6.